The van der Waals surface area contributed by atoms with Crippen LogP contribution in [0.25, 0.3) is 0 Å². The Hall–Kier alpha value is -2.98. The number of nitrogens with two attached hydrogens (primary N) is 1. The first kappa shape index (κ1) is 23.7. The third kappa shape index (κ3) is 7.31. The Kier molecular flexibility index (Phi) is 8.57. The van der Waals surface area contributed by atoms with Gasteiger partial charge in [0, 0.05) is 10.2 Å². The molecule has 32 heavy (non-hydrogen) atoms. The molecule has 0 saturated carbocycles. The molecule has 1 atom stereocenters. The molecule has 1 aromatic heterocycles. The molecule has 2 heterocycles. The zero-order valence-corrected chi connectivity index (χ0v) is 19.4. The van der Waals surface area contributed by atoms with Gasteiger partial charge in [0.15, 0.2) is 0 Å². The SMILES string of the molecule is CC(N)=N/C=C(\N=Cc1nnc(NC(=O)C2CCCN2)o1)C1=CCC=C(SC(C)C)C=C1. The van der Waals surface area contributed by atoms with E-state index in [1.54, 1.807) is 13.1 Å². The molecule has 1 amide bonds. The van der Waals surface area contributed by atoms with Crippen molar-refractivity contribution >= 4 is 35.7 Å². The molecule has 0 bridgehead atoms. The third-order valence-electron chi connectivity index (χ3n) is 4.50. The van der Waals surface area contributed by atoms with Crippen molar-refractivity contribution < 1.29 is 9.21 Å². The highest BCUT2D eigenvalue weighted by molar-refractivity contribution is 8.03. The zero-order chi connectivity index (χ0) is 22.9. The maximum absolute atomic E-state index is 12.2. The van der Waals surface area contributed by atoms with Crippen LogP contribution in [0.5, 0.6) is 0 Å². The molecule has 0 radical (unpaired) electrons. The van der Waals surface area contributed by atoms with Crippen molar-refractivity contribution in [2.24, 2.45) is 15.7 Å². The minimum Gasteiger partial charge on any atom is -0.402 e. The van der Waals surface area contributed by atoms with Crippen LogP contribution in [0.1, 0.15) is 45.9 Å². The van der Waals surface area contributed by atoms with E-state index < -0.39 is 0 Å². The Bertz CT molecular complexity index is 992. The summed E-state index contributed by atoms with van der Waals surface area (Å²) in [6, 6.07) is -0.188. The summed E-state index contributed by atoms with van der Waals surface area (Å²) in [4.78, 5) is 22.1. The number of nitrogens with zero attached hydrogens (tertiary/aromatic N) is 4. The normalized spacial score (nSPS) is 19.9. The van der Waals surface area contributed by atoms with Crippen LogP contribution in [-0.2, 0) is 4.79 Å². The van der Waals surface area contributed by atoms with E-state index in [9.17, 15) is 4.79 Å². The van der Waals surface area contributed by atoms with Crippen LogP contribution in [0.15, 0.2) is 61.1 Å². The second-order valence-electron chi connectivity index (χ2n) is 7.63. The quantitative estimate of drug-likeness (QED) is 0.405. The highest BCUT2D eigenvalue weighted by Crippen LogP contribution is 2.27. The average molecular weight is 456 g/mol. The highest BCUT2D eigenvalue weighted by Gasteiger charge is 2.23. The number of amidine groups is 1. The van der Waals surface area contributed by atoms with Crippen LogP contribution in [0, 0.1) is 0 Å². The lowest BCUT2D eigenvalue weighted by Gasteiger charge is -2.07. The smallest absolute Gasteiger partial charge is 0.322 e. The molecule has 1 aliphatic carbocycles. The molecule has 10 heteroatoms. The van der Waals surface area contributed by atoms with Gasteiger partial charge in [-0.15, -0.1) is 16.9 Å². The largest absolute Gasteiger partial charge is 0.402 e. The molecule has 2 aliphatic rings. The van der Waals surface area contributed by atoms with Crippen LogP contribution in [-0.4, -0.2) is 46.0 Å². The van der Waals surface area contributed by atoms with E-state index in [1.807, 2.05) is 17.8 Å². The third-order valence-corrected chi connectivity index (χ3v) is 5.55. The van der Waals surface area contributed by atoms with Gasteiger partial charge in [-0.25, -0.2) is 9.98 Å². The van der Waals surface area contributed by atoms with Gasteiger partial charge in [0.25, 0.3) is 5.89 Å². The van der Waals surface area contributed by atoms with E-state index >= 15 is 0 Å². The van der Waals surface area contributed by atoms with Gasteiger partial charge in [0.05, 0.1) is 30.0 Å². The van der Waals surface area contributed by atoms with E-state index in [0.717, 1.165) is 31.4 Å². The lowest BCUT2D eigenvalue weighted by Crippen LogP contribution is -2.35. The minimum absolute atomic E-state index is 0.0413. The number of aromatic nitrogens is 2. The van der Waals surface area contributed by atoms with Gasteiger partial charge in [0.1, 0.15) is 0 Å². The number of nitrogens with one attached hydrogen (secondary N) is 2. The summed E-state index contributed by atoms with van der Waals surface area (Å²) >= 11 is 1.81. The van der Waals surface area contributed by atoms with Gasteiger partial charge in [-0.3, -0.25) is 10.1 Å². The van der Waals surface area contributed by atoms with Crippen LogP contribution < -0.4 is 16.4 Å². The number of carbonyl (C=O) groups is 1. The van der Waals surface area contributed by atoms with Gasteiger partial charge in [-0.05, 0) is 44.4 Å². The first-order chi connectivity index (χ1) is 15.4. The number of thioether (sulfide) groups is 1. The predicted molar refractivity (Wildman–Crippen MR) is 130 cm³/mol. The summed E-state index contributed by atoms with van der Waals surface area (Å²) in [5.74, 6) is 0.416. The number of aliphatic imine (C=N–C) groups is 2. The van der Waals surface area contributed by atoms with E-state index in [-0.39, 0.29) is 23.9 Å². The molecule has 1 fully saturated rings. The Balaban J connectivity index is 1.72. The van der Waals surface area contributed by atoms with Gasteiger partial charge < -0.3 is 15.5 Å². The fraction of sp³-hybridized carbons (Fsp3) is 0.409. The Morgan fingerprint density at radius 3 is 2.94 bits per heavy atom. The number of hydrogen-bond acceptors (Lipinski definition) is 8. The fourth-order valence-electron chi connectivity index (χ4n) is 3.07. The lowest BCUT2D eigenvalue weighted by atomic mass is 10.1. The van der Waals surface area contributed by atoms with Crippen LogP contribution in [0.4, 0.5) is 6.01 Å². The predicted octanol–water partition coefficient (Wildman–Crippen LogP) is 3.31. The van der Waals surface area contributed by atoms with Crippen molar-refractivity contribution in [3.63, 3.8) is 0 Å². The maximum atomic E-state index is 12.2. The number of carbonyl (C=O) groups excluding carboxylic acids is 1. The maximum Gasteiger partial charge on any atom is 0.322 e. The Morgan fingerprint density at radius 2 is 2.22 bits per heavy atom. The molecule has 0 aromatic carbocycles. The van der Waals surface area contributed by atoms with Crippen molar-refractivity contribution in [3.05, 3.63) is 52.6 Å². The molecule has 170 valence electrons. The van der Waals surface area contributed by atoms with E-state index in [4.69, 9.17) is 10.2 Å². The molecule has 1 aliphatic heterocycles. The monoisotopic (exact) mass is 455 g/mol. The molecule has 1 aromatic rings. The minimum atomic E-state index is -0.229. The number of rotatable bonds is 8. The summed E-state index contributed by atoms with van der Waals surface area (Å²) in [6.07, 6.45) is 13.9. The molecule has 9 nitrogen and oxygen atoms in total. The first-order valence-electron chi connectivity index (χ1n) is 10.6. The van der Waals surface area contributed by atoms with Gasteiger partial charge in [-0.2, -0.15) is 0 Å². The van der Waals surface area contributed by atoms with Crippen molar-refractivity contribution in [2.45, 2.75) is 51.3 Å². The number of anilines is 1. The summed E-state index contributed by atoms with van der Waals surface area (Å²) in [5.41, 5.74) is 7.21. The summed E-state index contributed by atoms with van der Waals surface area (Å²) < 4.78 is 5.49. The lowest BCUT2D eigenvalue weighted by molar-refractivity contribution is -0.117. The van der Waals surface area contributed by atoms with Crippen molar-refractivity contribution in [2.75, 3.05) is 11.9 Å². The Labute approximate surface area is 192 Å². The molecule has 0 spiro atoms. The van der Waals surface area contributed by atoms with Crippen LogP contribution >= 0.6 is 11.8 Å². The standard InChI is InChI=1S/C22H29N7O2S/c1-14(2)32-17-7-4-6-16(9-10-17)19(12-25-15(3)23)26-13-20-28-29-22(31-20)27-21(30)18-8-5-11-24-18/h6-7,9-10,12-14,18,24H,4-5,8,11H2,1-3H3,(H2,23,25)(H,27,29,30)/b19-12-,26-13?. The van der Waals surface area contributed by atoms with Gasteiger partial charge >= 0.3 is 6.01 Å². The second kappa shape index (κ2) is 11.6. The van der Waals surface area contributed by atoms with Crippen molar-refractivity contribution in [1.82, 2.24) is 15.5 Å². The molecule has 3 rings (SSSR count). The summed E-state index contributed by atoms with van der Waals surface area (Å²) in [5, 5.41) is 14.1. The topological polar surface area (TPSA) is 131 Å². The number of amides is 1. The van der Waals surface area contributed by atoms with Crippen molar-refractivity contribution in [3.8, 4) is 0 Å². The summed E-state index contributed by atoms with van der Waals surface area (Å²) in [7, 11) is 0. The fourth-order valence-corrected chi connectivity index (χ4v) is 3.95. The zero-order valence-electron chi connectivity index (χ0n) is 18.5. The molecule has 1 unspecified atom stereocenters. The van der Waals surface area contributed by atoms with E-state index in [0.29, 0.717) is 16.8 Å². The van der Waals surface area contributed by atoms with E-state index in [1.165, 1.54) is 11.1 Å². The summed E-state index contributed by atoms with van der Waals surface area (Å²) in [6.45, 7) is 6.87. The average Bonchev–Trinajstić information content (AvgIpc) is 3.37. The van der Waals surface area contributed by atoms with E-state index in [2.05, 4.69) is 62.9 Å². The Morgan fingerprint density at radius 1 is 1.38 bits per heavy atom. The first-order valence-corrected chi connectivity index (χ1v) is 11.5. The number of allylic oxidation sites excluding steroid dienone is 4. The molecular weight excluding hydrogens is 426 g/mol. The number of hydrogen-bond donors (Lipinski definition) is 3. The van der Waals surface area contributed by atoms with Crippen molar-refractivity contribution in [1.29, 1.82) is 0 Å². The second-order valence-corrected chi connectivity index (χ2v) is 9.28. The van der Waals surface area contributed by atoms with Gasteiger partial charge in [0.2, 0.25) is 5.91 Å². The van der Waals surface area contributed by atoms with Crippen LogP contribution in [0.3, 0.4) is 0 Å². The molecule has 1 saturated heterocycles. The molecule has 4 N–H and O–H groups in total. The van der Waals surface area contributed by atoms with Crippen LogP contribution in [0.2, 0.25) is 0 Å². The highest BCUT2D eigenvalue weighted by atomic mass is 32.2. The van der Waals surface area contributed by atoms with Gasteiger partial charge in [-0.1, -0.05) is 37.2 Å². The molecular formula is C22H29N7O2S.